The highest BCUT2D eigenvalue weighted by Crippen LogP contribution is 2.35. The molecule has 1 atom stereocenters. The van der Waals surface area contributed by atoms with Crippen molar-refractivity contribution in [2.24, 2.45) is 5.92 Å². The lowest BCUT2D eigenvalue weighted by molar-refractivity contribution is -0.118. The molecule has 118 valence electrons. The van der Waals surface area contributed by atoms with Crippen LogP contribution in [-0.4, -0.2) is 12.4 Å². The second kappa shape index (κ2) is 7.44. The van der Waals surface area contributed by atoms with E-state index in [1.807, 2.05) is 12.1 Å². The van der Waals surface area contributed by atoms with Gasteiger partial charge in [0.25, 0.3) is 0 Å². The van der Waals surface area contributed by atoms with E-state index in [4.69, 9.17) is 4.74 Å². The zero-order valence-electron chi connectivity index (χ0n) is 14.1. The number of ketones is 1. The molecule has 0 N–H and O–H groups in total. The first-order valence-electron chi connectivity index (χ1n) is 8.16. The number of hydrogen-bond donors (Lipinski definition) is 0. The first kappa shape index (κ1) is 16.5. The van der Waals surface area contributed by atoms with Gasteiger partial charge in [0.15, 0.2) is 5.78 Å². The fourth-order valence-electron chi connectivity index (χ4n) is 3.05. The minimum Gasteiger partial charge on any atom is -0.485 e. The zero-order chi connectivity index (χ0) is 16.1. The molecule has 0 radical (unpaired) electrons. The Morgan fingerprint density at radius 1 is 1.09 bits per heavy atom. The summed E-state index contributed by atoms with van der Waals surface area (Å²) in [6.07, 6.45) is 2.32. The van der Waals surface area contributed by atoms with Gasteiger partial charge in [0.2, 0.25) is 0 Å². The number of rotatable bonds is 7. The van der Waals surface area contributed by atoms with Gasteiger partial charge < -0.3 is 4.74 Å². The van der Waals surface area contributed by atoms with Crippen molar-refractivity contribution in [3.8, 4) is 5.75 Å². The molecule has 2 aromatic rings. The topological polar surface area (TPSA) is 26.3 Å². The van der Waals surface area contributed by atoms with Crippen LogP contribution in [0.25, 0.3) is 10.8 Å². The fraction of sp³-hybridized carbons (Fsp3) is 0.450. The monoisotopic (exact) mass is 298 g/mol. The van der Waals surface area contributed by atoms with E-state index in [2.05, 4.69) is 45.0 Å². The van der Waals surface area contributed by atoms with Crippen molar-refractivity contribution < 1.29 is 9.53 Å². The zero-order valence-corrected chi connectivity index (χ0v) is 14.1. The summed E-state index contributed by atoms with van der Waals surface area (Å²) in [6, 6.07) is 12.5. The molecule has 2 aromatic carbocycles. The SMILES string of the molecule is CCC(CC(C)C)c1cccc2c(OCC(C)=O)cccc12. The van der Waals surface area contributed by atoms with Gasteiger partial charge >= 0.3 is 0 Å². The number of fused-ring (bicyclic) bond motifs is 1. The lowest BCUT2D eigenvalue weighted by Gasteiger charge is -2.20. The number of hydrogen-bond acceptors (Lipinski definition) is 2. The molecule has 0 amide bonds. The third-order valence-electron chi connectivity index (χ3n) is 4.04. The van der Waals surface area contributed by atoms with E-state index >= 15 is 0 Å². The second-order valence-electron chi connectivity index (χ2n) is 6.42. The lowest BCUT2D eigenvalue weighted by Crippen LogP contribution is -2.07. The molecule has 0 spiro atoms. The van der Waals surface area contributed by atoms with Gasteiger partial charge in [0.1, 0.15) is 12.4 Å². The molecular formula is C20H26O2. The maximum Gasteiger partial charge on any atom is 0.167 e. The van der Waals surface area contributed by atoms with Crippen molar-refractivity contribution in [2.45, 2.75) is 46.5 Å². The molecule has 22 heavy (non-hydrogen) atoms. The molecule has 0 saturated heterocycles. The van der Waals surface area contributed by atoms with Crippen molar-refractivity contribution >= 4 is 16.6 Å². The standard InChI is InChI=1S/C20H26O2/c1-5-16(12-14(2)3)17-8-6-10-19-18(17)9-7-11-20(19)22-13-15(4)21/h6-11,14,16H,5,12-13H2,1-4H3. The van der Waals surface area contributed by atoms with Crippen molar-refractivity contribution in [1.82, 2.24) is 0 Å². The van der Waals surface area contributed by atoms with E-state index in [1.54, 1.807) is 6.92 Å². The van der Waals surface area contributed by atoms with Crippen LogP contribution in [0.15, 0.2) is 36.4 Å². The quantitative estimate of drug-likeness (QED) is 0.689. The Balaban J connectivity index is 2.44. The predicted octanol–water partition coefficient (Wildman–Crippen LogP) is 5.35. The molecular weight excluding hydrogens is 272 g/mol. The van der Waals surface area contributed by atoms with E-state index in [0.29, 0.717) is 11.8 Å². The average Bonchev–Trinajstić information content (AvgIpc) is 2.49. The summed E-state index contributed by atoms with van der Waals surface area (Å²) in [7, 11) is 0. The normalized spacial score (nSPS) is 12.6. The van der Waals surface area contributed by atoms with Crippen LogP contribution >= 0.6 is 0 Å². The van der Waals surface area contributed by atoms with E-state index in [1.165, 1.54) is 17.4 Å². The molecule has 2 heteroatoms. The van der Waals surface area contributed by atoms with Crippen LogP contribution in [0.1, 0.15) is 52.0 Å². The van der Waals surface area contributed by atoms with Gasteiger partial charge in [-0.3, -0.25) is 4.79 Å². The minimum atomic E-state index is 0.0411. The molecule has 0 saturated carbocycles. The summed E-state index contributed by atoms with van der Waals surface area (Å²) in [5.41, 5.74) is 1.39. The molecule has 2 rings (SSSR count). The van der Waals surface area contributed by atoms with Crippen molar-refractivity contribution in [3.63, 3.8) is 0 Å². The van der Waals surface area contributed by atoms with Crippen molar-refractivity contribution in [3.05, 3.63) is 42.0 Å². The van der Waals surface area contributed by atoms with Gasteiger partial charge in [0.05, 0.1) is 0 Å². The van der Waals surface area contributed by atoms with Gasteiger partial charge in [-0.15, -0.1) is 0 Å². The van der Waals surface area contributed by atoms with Crippen LogP contribution in [0.2, 0.25) is 0 Å². The van der Waals surface area contributed by atoms with Crippen LogP contribution in [0.4, 0.5) is 0 Å². The molecule has 1 unspecified atom stereocenters. The molecule has 0 fully saturated rings. The Morgan fingerprint density at radius 2 is 1.77 bits per heavy atom. The number of carbonyl (C=O) groups excluding carboxylic acids is 1. The third-order valence-corrected chi connectivity index (χ3v) is 4.04. The second-order valence-corrected chi connectivity index (χ2v) is 6.42. The molecule has 2 nitrogen and oxygen atoms in total. The maximum atomic E-state index is 11.2. The molecule has 0 bridgehead atoms. The highest BCUT2D eigenvalue weighted by molar-refractivity contribution is 5.91. The fourth-order valence-corrected chi connectivity index (χ4v) is 3.05. The average molecular weight is 298 g/mol. The predicted molar refractivity (Wildman–Crippen MR) is 92.6 cm³/mol. The molecule has 0 aromatic heterocycles. The summed E-state index contributed by atoms with van der Waals surface area (Å²) in [5, 5.41) is 2.35. The Kier molecular flexibility index (Phi) is 5.59. The lowest BCUT2D eigenvalue weighted by atomic mass is 9.85. The summed E-state index contributed by atoms with van der Waals surface area (Å²) >= 11 is 0. The van der Waals surface area contributed by atoms with Gasteiger partial charge in [-0.2, -0.15) is 0 Å². The first-order chi connectivity index (χ1) is 10.5. The molecule has 0 aliphatic carbocycles. The summed E-state index contributed by atoms with van der Waals surface area (Å²) < 4.78 is 5.68. The number of benzene rings is 2. The van der Waals surface area contributed by atoms with Crippen LogP contribution in [-0.2, 0) is 4.79 Å². The Hall–Kier alpha value is -1.83. The van der Waals surface area contributed by atoms with Gasteiger partial charge in [0, 0.05) is 5.39 Å². The minimum absolute atomic E-state index is 0.0411. The van der Waals surface area contributed by atoms with Crippen LogP contribution in [0, 0.1) is 5.92 Å². The van der Waals surface area contributed by atoms with E-state index in [9.17, 15) is 4.79 Å². The Morgan fingerprint density at radius 3 is 2.41 bits per heavy atom. The highest BCUT2D eigenvalue weighted by Gasteiger charge is 2.15. The van der Waals surface area contributed by atoms with Crippen molar-refractivity contribution in [1.29, 1.82) is 0 Å². The molecule has 0 aliphatic rings. The number of ether oxygens (including phenoxy) is 1. The summed E-state index contributed by atoms with van der Waals surface area (Å²) in [5.74, 6) is 2.08. The van der Waals surface area contributed by atoms with Crippen LogP contribution in [0.3, 0.4) is 0 Å². The molecule has 0 aliphatic heterocycles. The maximum absolute atomic E-state index is 11.2. The van der Waals surface area contributed by atoms with Gasteiger partial charge in [-0.25, -0.2) is 0 Å². The van der Waals surface area contributed by atoms with Gasteiger partial charge in [-0.05, 0) is 48.6 Å². The number of carbonyl (C=O) groups is 1. The molecule has 0 heterocycles. The highest BCUT2D eigenvalue weighted by atomic mass is 16.5. The Labute approximate surface area is 133 Å². The first-order valence-corrected chi connectivity index (χ1v) is 8.16. The van der Waals surface area contributed by atoms with E-state index < -0.39 is 0 Å². The summed E-state index contributed by atoms with van der Waals surface area (Å²) in [4.78, 5) is 11.2. The van der Waals surface area contributed by atoms with Crippen molar-refractivity contribution in [2.75, 3.05) is 6.61 Å². The van der Waals surface area contributed by atoms with Gasteiger partial charge in [-0.1, -0.05) is 51.1 Å². The van der Waals surface area contributed by atoms with Crippen LogP contribution in [0.5, 0.6) is 5.75 Å². The third kappa shape index (κ3) is 3.88. The Bertz CT molecular complexity index is 643. The smallest absolute Gasteiger partial charge is 0.167 e. The van der Waals surface area contributed by atoms with E-state index in [-0.39, 0.29) is 12.4 Å². The van der Waals surface area contributed by atoms with E-state index in [0.717, 1.165) is 17.6 Å². The summed E-state index contributed by atoms with van der Waals surface area (Å²) in [6.45, 7) is 8.48. The van der Waals surface area contributed by atoms with Crippen LogP contribution < -0.4 is 4.74 Å². The largest absolute Gasteiger partial charge is 0.485 e. The number of Topliss-reactive ketones (excluding diaryl/α,β-unsaturated/α-hetero) is 1.